The van der Waals surface area contributed by atoms with Crippen LogP contribution in [0.1, 0.15) is 17.5 Å². The molecule has 0 bridgehead atoms. The zero-order valence-corrected chi connectivity index (χ0v) is 11.6. The summed E-state index contributed by atoms with van der Waals surface area (Å²) in [5.74, 6) is 0.804. The van der Waals surface area contributed by atoms with E-state index in [0.717, 1.165) is 36.3 Å². The monoisotopic (exact) mass is 271 g/mol. The van der Waals surface area contributed by atoms with Crippen LogP contribution in [0.4, 0.5) is 4.39 Å². The molecule has 2 nitrogen and oxygen atoms in total. The van der Waals surface area contributed by atoms with Crippen molar-refractivity contribution in [2.45, 2.75) is 19.4 Å². The van der Waals surface area contributed by atoms with Crippen LogP contribution < -0.4 is 10.1 Å². The van der Waals surface area contributed by atoms with Crippen LogP contribution in [0.3, 0.4) is 0 Å². The molecule has 0 saturated heterocycles. The van der Waals surface area contributed by atoms with E-state index in [0.29, 0.717) is 12.1 Å². The van der Waals surface area contributed by atoms with Gasteiger partial charge < -0.3 is 10.1 Å². The number of halogens is 1. The summed E-state index contributed by atoms with van der Waals surface area (Å²) in [6.07, 6.45) is 2.08. The SMILES string of the molecule is CNCc1ccc(-c2ccc3c(c2)CCCO3)cc1F. The van der Waals surface area contributed by atoms with E-state index in [9.17, 15) is 4.39 Å². The Labute approximate surface area is 118 Å². The minimum atomic E-state index is -0.161. The summed E-state index contributed by atoms with van der Waals surface area (Å²) < 4.78 is 19.6. The standard InChI is InChI=1S/C17H18FNO/c1-19-11-15-5-4-13(10-16(15)18)12-6-7-17-14(9-12)3-2-8-20-17/h4-7,9-10,19H,2-3,8,11H2,1H3. The first-order valence-electron chi connectivity index (χ1n) is 6.97. The van der Waals surface area contributed by atoms with E-state index >= 15 is 0 Å². The Hall–Kier alpha value is -1.87. The topological polar surface area (TPSA) is 21.3 Å². The molecule has 0 fully saturated rings. The fourth-order valence-electron chi connectivity index (χ4n) is 2.60. The molecule has 1 aliphatic heterocycles. The molecule has 0 atom stereocenters. The van der Waals surface area contributed by atoms with Crippen molar-refractivity contribution in [1.82, 2.24) is 5.32 Å². The lowest BCUT2D eigenvalue weighted by Gasteiger charge is -2.18. The average Bonchev–Trinajstić information content (AvgIpc) is 2.49. The fraction of sp³-hybridized carbons (Fsp3) is 0.294. The van der Waals surface area contributed by atoms with Gasteiger partial charge in [0.2, 0.25) is 0 Å². The van der Waals surface area contributed by atoms with Crippen LogP contribution in [0.15, 0.2) is 36.4 Å². The normalized spacial score (nSPS) is 13.7. The first kappa shape index (κ1) is 13.1. The molecule has 0 saturated carbocycles. The van der Waals surface area contributed by atoms with Crippen LogP contribution in [0.2, 0.25) is 0 Å². The van der Waals surface area contributed by atoms with Crippen molar-refractivity contribution in [3.63, 3.8) is 0 Å². The summed E-state index contributed by atoms with van der Waals surface area (Å²) in [6, 6.07) is 11.5. The molecular formula is C17H18FNO. The second-order valence-corrected chi connectivity index (χ2v) is 5.11. The molecule has 3 rings (SSSR count). The summed E-state index contributed by atoms with van der Waals surface area (Å²) in [6.45, 7) is 1.34. The highest BCUT2D eigenvalue weighted by Crippen LogP contribution is 2.30. The van der Waals surface area contributed by atoms with Crippen molar-refractivity contribution in [2.24, 2.45) is 0 Å². The van der Waals surface area contributed by atoms with Crippen LogP contribution in [-0.2, 0) is 13.0 Å². The Bertz CT molecular complexity index is 624. The van der Waals surface area contributed by atoms with E-state index < -0.39 is 0 Å². The maximum absolute atomic E-state index is 14.0. The van der Waals surface area contributed by atoms with Gasteiger partial charge in [-0.3, -0.25) is 0 Å². The van der Waals surface area contributed by atoms with Gasteiger partial charge in [0.25, 0.3) is 0 Å². The summed E-state index contributed by atoms with van der Waals surface area (Å²) >= 11 is 0. The molecule has 0 aliphatic carbocycles. The zero-order chi connectivity index (χ0) is 13.9. The molecule has 0 spiro atoms. The maximum atomic E-state index is 14.0. The van der Waals surface area contributed by atoms with Crippen molar-refractivity contribution in [3.8, 4) is 16.9 Å². The smallest absolute Gasteiger partial charge is 0.128 e. The highest BCUT2D eigenvalue weighted by molar-refractivity contribution is 5.66. The maximum Gasteiger partial charge on any atom is 0.128 e. The minimum Gasteiger partial charge on any atom is -0.493 e. The summed E-state index contributed by atoms with van der Waals surface area (Å²) in [4.78, 5) is 0. The summed E-state index contributed by atoms with van der Waals surface area (Å²) in [5.41, 5.74) is 3.87. The highest BCUT2D eigenvalue weighted by Gasteiger charge is 2.12. The van der Waals surface area contributed by atoms with Gasteiger partial charge in [0.05, 0.1) is 6.61 Å². The molecule has 0 aromatic heterocycles. The first-order valence-corrected chi connectivity index (χ1v) is 6.97. The van der Waals surface area contributed by atoms with Crippen LogP contribution in [0.25, 0.3) is 11.1 Å². The van der Waals surface area contributed by atoms with Gasteiger partial charge in [0.1, 0.15) is 11.6 Å². The molecule has 1 aliphatic rings. The second kappa shape index (κ2) is 5.63. The lowest BCUT2D eigenvalue weighted by atomic mass is 9.98. The molecular weight excluding hydrogens is 253 g/mol. The molecule has 104 valence electrons. The number of nitrogens with one attached hydrogen (secondary N) is 1. The van der Waals surface area contributed by atoms with Crippen molar-refractivity contribution in [2.75, 3.05) is 13.7 Å². The van der Waals surface area contributed by atoms with Gasteiger partial charge in [-0.05, 0) is 54.8 Å². The van der Waals surface area contributed by atoms with Gasteiger partial charge in [0, 0.05) is 12.1 Å². The van der Waals surface area contributed by atoms with Crippen LogP contribution in [0.5, 0.6) is 5.75 Å². The number of rotatable bonds is 3. The Morgan fingerprint density at radius 1 is 1.15 bits per heavy atom. The van der Waals surface area contributed by atoms with Crippen LogP contribution >= 0.6 is 0 Å². The molecule has 2 aromatic carbocycles. The van der Waals surface area contributed by atoms with Crippen LogP contribution in [0, 0.1) is 5.82 Å². The molecule has 20 heavy (non-hydrogen) atoms. The zero-order valence-electron chi connectivity index (χ0n) is 11.6. The van der Waals surface area contributed by atoms with E-state index in [2.05, 4.69) is 11.4 Å². The van der Waals surface area contributed by atoms with Gasteiger partial charge in [-0.25, -0.2) is 4.39 Å². The number of hydrogen-bond acceptors (Lipinski definition) is 2. The lowest BCUT2D eigenvalue weighted by Crippen LogP contribution is -2.08. The van der Waals surface area contributed by atoms with E-state index in [-0.39, 0.29) is 5.82 Å². The lowest BCUT2D eigenvalue weighted by molar-refractivity contribution is 0.288. The molecule has 0 amide bonds. The largest absolute Gasteiger partial charge is 0.493 e. The predicted octanol–water partition coefficient (Wildman–Crippen LogP) is 3.54. The predicted molar refractivity (Wildman–Crippen MR) is 78.4 cm³/mol. The van der Waals surface area contributed by atoms with Gasteiger partial charge in [0.15, 0.2) is 0 Å². The Kier molecular flexibility index (Phi) is 3.70. The number of hydrogen-bond donors (Lipinski definition) is 1. The van der Waals surface area contributed by atoms with Crippen molar-refractivity contribution in [1.29, 1.82) is 0 Å². The molecule has 0 radical (unpaired) electrons. The van der Waals surface area contributed by atoms with Crippen LogP contribution in [-0.4, -0.2) is 13.7 Å². The Morgan fingerprint density at radius 3 is 2.75 bits per heavy atom. The third-order valence-electron chi connectivity index (χ3n) is 3.66. The van der Waals surface area contributed by atoms with E-state index in [1.165, 1.54) is 5.56 Å². The second-order valence-electron chi connectivity index (χ2n) is 5.11. The average molecular weight is 271 g/mol. The number of fused-ring (bicyclic) bond motifs is 1. The summed E-state index contributed by atoms with van der Waals surface area (Å²) in [7, 11) is 1.82. The van der Waals surface area contributed by atoms with E-state index in [1.54, 1.807) is 6.07 Å². The third kappa shape index (κ3) is 2.54. The van der Waals surface area contributed by atoms with Crippen molar-refractivity contribution >= 4 is 0 Å². The van der Waals surface area contributed by atoms with Gasteiger partial charge in [-0.15, -0.1) is 0 Å². The number of ether oxygens (including phenoxy) is 1. The fourth-order valence-corrected chi connectivity index (χ4v) is 2.60. The van der Waals surface area contributed by atoms with Crippen molar-refractivity contribution in [3.05, 3.63) is 53.3 Å². The first-order chi connectivity index (χ1) is 9.78. The molecule has 0 unspecified atom stereocenters. The Morgan fingerprint density at radius 2 is 1.95 bits per heavy atom. The Balaban J connectivity index is 1.94. The third-order valence-corrected chi connectivity index (χ3v) is 3.66. The molecule has 3 heteroatoms. The van der Waals surface area contributed by atoms with E-state index in [4.69, 9.17) is 4.74 Å². The van der Waals surface area contributed by atoms with Gasteiger partial charge in [-0.1, -0.05) is 18.2 Å². The molecule has 1 N–H and O–H groups in total. The number of benzene rings is 2. The highest BCUT2D eigenvalue weighted by atomic mass is 19.1. The van der Waals surface area contributed by atoms with Crippen molar-refractivity contribution < 1.29 is 9.13 Å². The number of aryl methyl sites for hydroxylation is 1. The quantitative estimate of drug-likeness (QED) is 0.922. The van der Waals surface area contributed by atoms with Gasteiger partial charge in [-0.2, -0.15) is 0 Å². The minimum absolute atomic E-state index is 0.161. The summed E-state index contributed by atoms with van der Waals surface area (Å²) in [5, 5.41) is 2.97. The van der Waals surface area contributed by atoms with Gasteiger partial charge >= 0.3 is 0 Å². The van der Waals surface area contributed by atoms with E-state index in [1.807, 2.05) is 31.3 Å². The molecule has 1 heterocycles. The molecule has 2 aromatic rings.